The van der Waals surface area contributed by atoms with Crippen LogP contribution in [0.3, 0.4) is 0 Å². The Morgan fingerprint density at radius 2 is 1.92 bits per heavy atom. The number of carboxylic acids is 1. The van der Waals surface area contributed by atoms with Gasteiger partial charge in [0.2, 0.25) is 0 Å². The highest BCUT2D eigenvalue weighted by molar-refractivity contribution is 5.90. The molecule has 0 atom stereocenters. The number of fused-ring (bicyclic) bond motifs is 1. The summed E-state index contributed by atoms with van der Waals surface area (Å²) < 4.78 is 5.56. The van der Waals surface area contributed by atoms with E-state index in [1.165, 1.54) is 6.07 Å². The van der Waals surface area contributed by atoms with E-state index < -0.39 is 5.97 Å². The van der Waals surface area contributed by atoms with Crippen LogP contribution in [0.2, 0.25) is 0 Å². The molecule has 3 N–H and O–H groups in total. The third kappa shape index (κ3) is 5.00. The molecule has 0 saturated heterocycles. The van der Waals surface area contributed by atoms with Crippen molar-refractivity contribution in [1.82, 2.24) is 9.97 Å². The second kappa shape index (κ2) is 8.92. The van der Waals surface area contributed by atoms with Crippen molar-refractivity contribution in [2.45, 2.75) is 33.4 Å². The third-order valence-corrected chi connectivity index (χ3v) is 3.56. The summed E-state index contributed by atoms with van der Waals surface area (Å²) in [6.07, 6.45) is 3.54. The smallest absolute Gasteiger partial charge is 0.354 e. The van der Waals surface area contributed by atoms with Crippen molar-refractivity contribution >= 4 is 16.9 Å². The van der Waals surface area contributed by atoms with Crippen molar-refractivity contribution < 1.29 is 14.6 Å². The average Bonchev–Trinajstić information content (AvgIpc) is 2.62. The molecule has 0 aliphatic carbocycles. The predicted octanol–water partition coefficient (Wildman–Crippen LogP) is 3.57. The zero-order valence-electron chi connectivity index (χ0n) is 15.1. The summed E-state index contributed by atoms with van der Waals surface area (Å²) >= 11 is 0. The third-order valence-electron chi connectivity index (χ3n) is 3.56. The second-order valence-electron chi connectivity index (χ2n) is 6.01. The Labute approximate surface area is 152 Å². The summed E-state index contributed by atoms with van der Waals surface area (Å²) in [6, 6.07) is 11.0. The highest BCUT2D eigenvalue weighted by Crippen LogP contribution is 2.18. The van der Waals surface area contributed by atoms with Gasteiger partial charge in [0.25, 0.3) is 0 Å². The number of aromatic nitrogens is 2. The number of pyridine rings is 2. The molecule has 6 nitrogen and oxygen atoms in total. The minimum Gasteiger partial charge on any atom is -0.491 e. The maximum atomic E-state index is 10.7. The van der Waals surface area contributed by atoms with Gasteiger partial charge in [0.05, 0.1) is 11.6 Å². The molecule has 3 rings (SSSR count). The van der Waals surface area contributed by atoms with E-state index in [0.29, 0.717) is 12.1 Å². The molecular formula is C20H23N3O3. The van der Waals surface area contributed by atoms with Gasteiger partial charge in [-0.05, 0) is 44.5 Å². The average molecular weight is 353 g/mol. The Morgan fingerprint density at radius 3 is 2.58 bits per heavy atom. The van der Waals surface area contributed by atoms with Crippen molar-refractivity contribution in [3.05, 3.63) is 65.6 Å². The number of aromatic carboxylic acids is 1. The number of rotatable bonds is 4. The highest BCUT2D eigenvalue weighted by atomic mass is 16.5. The largest absolute Gasteiger partial charge is 0.491 e. The van der Waals surface area contributed by atoms with Crippen LogP contribution in [-0.4, -0.2) is 27.1 Å². The molecular weight excluding hydrogens is 330 g/mol. The van der Waals surface area contributed by atoms with Crippen LogP contribution in [0.15, 0.2) is 48.8 Å². The van der Waals surface area contributed by atoms with Gasteiger partial charge in [0.1, 0.15) is 11.4 Å². The van der Waals surface area contributed by atoms with Crippen molar-refractivity contribution in [3.63, 3.8) is 0 Å². The number of para-hydroxylation sites is 1. The molecule has 3 aromatic rings. The molecule has 0 amide bonds. The lowest BCUT2D eigenvalue weighted by Crippen LogP contribution is -2.08. The summed E-state index contributed by atoms with van der Waals surface area (Å²) in [6.45, 7) is 6.40. The minimum absolute atomic E-state index is 0.0619. The maximum absolute atomic E-state index is 10.7. The van der Waals surface area contributed by atoms with Gasteiger partial charge in [-0.1, -0.05) is 18.2 Å². The predicted molar refractivity (Wildman–Crippen MR) is 101 cm³/mol. The van der Waals surface area contributed by atoms with Crippen LogP contribution in [0, 0.1) is 6.92 Å². The Bertz CT molecular complexity index is 894. The van der Waals surface area contributed by atoms with E-state index in [0.717, 1.165) is 22.3 Å². The number of aryl methyl sites for hydroxylation is 1. The summed E-state index contributed by atoms with van der Waals surface area (Å²) in [5.74, 6) is -0.113. The zero-order chi connectivity index (χ0) is 19.1. The number of carboxylic acid groups (broad SMARTS) is 1. The van der Waals surface area contributed by atoms with Crippen LogP contribution >= 0.6 is 0 Å². The van der Waals surface area contributed by atoms with Crippen molar-refractivity contribution in [2.24, 2.45) is 5.73 Å². The van der Waals surface area contributed by atoms with Gasteiger partial charge in [0.15, 0.2) is 0 Å². The first kappa shape index (κ1) is 19.3. The lowest BCUT2D eigenvalue weighted by molar-refractivity contribution is 0.0691. The second-order valence-corrected chi connectivity index (χ2v) is 6.01. The van der Waals surface area contributed by atoms with Crippen molar-refractivity contribution in [2.75, 3.05) is 0 Å². The lowest BCUT2D eigenvalue weighted by atomic mass is 10.2. The molecule has 136 valence electrons. The first-order chi connectivity index (χ1) is 12.4. The standard InChI is InChI=1S/C10H8N2O2.C10H15NO/c1-6-4-11-5-7-2-3-8(10(13)14)12-9(6)7;1-8(2)12-10-6-4-3-5-9(10)7-11/h2-5H,1H3,(H,13,14);3-6,8H,7,11H2,1-2H3. The summed E-state index contributed by atoms with van der Waals surface area (Å²) in [5.41, 5.74) is 8.24. The fourth-order valence-electron chi connectivity index (χ4n) is 2.34. The Kier molecular flexibility index (Phi) is 6.63. The molecule has 2 heterocycles. The van der Waals surface area contributed by atoms with Crippen LogP contribution in [-0.2, 0) is 6.54 Å². The fraction of sp³-hybridized carbons (Fsp3) is 0.250. The van der Waals surface area contributed by atoms with Gasteiger partial charge in [-0.2, -0.15) is 0 Å². The molecule has 2 aromatic heterocycles. The number of benzene rings is 1. The lowest BCUT2D eigenvalue weighted by Gasteiger charge is -2.12. The molecule has 0 saturated carbocycles. The highest BCUT2D eigenvalue weighted by Gasteiger charge is 2.06. The van der Waals surface area contributed by atoms with Crippen molar-refractivity contribution in [3.8, 4) is 5.75 Å². The van der Waals surface area contributed by atoms with E-state index in [1.54, 1.807) is 18.5 Å². The number of ether oxygens (including phenoxy) is 1. The van der Waals surface area contributed by atoms with Crippen LogP contribution in [0.4, 0.5) is 0 Å². The monoisotopic (exact) mass is 353 g/mol. The normalized spacial score (nSPS) is 10.3. The number of hydrogen-bond acceptors (Lipinski definition) is 5. The first-order valence-electron chi connectivity index (χ1n) is 8.31. The van der Waals surface area contributed by atoms with E-state index in [4.69, 9.17) is 15.6 Å². The van der Waals surface area contributed by atoms with Crippen molar-refractivity contribution in [1.29, 1.82) is 0 Å². The maximum Gasteiger partial charge on any atom is 0.354 e. The molecule has 0 fully saturated rings. The fourth-order valence-corrected chi connectivity index (χ4v) is 2.34. The molecule has 0 radical (unpaired) electrons. The van der Waals surface area contributed by atoms with E-state index in [9.17, 15) is 4.79 Å². The van der Waals surface area contributed by atoms with Gasteiger partial charge in [-0.25, -0.2) is 9.78 Å². The first-order valence-corrected chi connectivity index (χ1v) is 8.31. The Balaban J connectivity index is 0.000000190. The topological polar surface area (TPSA) is 98.3 Å². The number of nitrogens with zero attached hydrogens (tertiary/aromatic N) is 2. The van der Waals surface area contributed by atoms with Crippen LogP contribution < -0.4 is 10.5 Å². The van der Waals surface area contributed by atoms with Gasteiger partial charge < -0.3 is 15.6 Å². The zero-order valence-corrected chi connectivity index (χ0v) is 15.1. The van der Waals surface area contributed by atoms with Crippen LogP contribution in [0.5, 0.6) is 5.75 Å². The molecule has 0 bridgehead atoms. The van der Waals surface area contributed by atoms with E-state index in [1.807, 2.05) is 45.0 Å². The summed E-state index contributed by atoms with van der Waals surface area (Å²) in [5, 5.41) is 9.61. The molecule has 26 heavy (non-hydrogen) atoms. The number of nitrogens with two attached hydrogens (primary N) is 1. The molecule has 0 aliphatic rings. The Morgan fingerprint density at radius 1 is 1.19 bits per heavy atom. The van der Waals surface area contributed by atoms with E-state index >= 15 is 0 Å². The number of carbonyl (C=O) groups is 1. The molecule has 6 heteroatoms. The van der Waals surface area contributed by atoms with Crippen LogP contribution in [0.1, 0.15) is 35.5 Å². The minimum atomic E-state index is -1.01. The Hall–Kier alpha value is -2.99. The molecule has 0 unspecified atom stereocenters. The van der Waals surface area contributed by atoms with E-state index in [2.05, 4.69) is 9.97 Å². The summed E-state index contributed by atoms with van der Waals surface area (Å²) in [7, 11) is 0. The van der Waals surface area contributed by atoms with E-state index in [-0.39, 0.29) is 11.8 Å². The van der Waals surface area contributed by atoms with Crippen LogP contribution in [0.25, 0.3) is 10.9 Å². The quantitative estimate of drug-likeness (QED) is 0.744. The molecule has 1 aromatic carbocycles. The van der Waals surface area contributed by atoms with Gasteiger partial charge in [-0.3, -0.25) is 4.98 Å². The number of hydrogen-bond donors (Lipinski definition) is 2. The molecule has 0 aliphatic heterocycles. The summed E-state index contributed by atoms with van der Waals surface area (Å²) in [4.78, 5) is 18.7. The van der Waals surface area contributed by atoms with Gasteiger partial charge >= 0.3 is 5.97 Å². The van der Waals surface area contributed by atoms with Gasteiger partial charge in [-0.15, -0.1) is 0 Å². The SMILES string of the molecule is CC(C)Oc1ccccc1CN.Cc1cncc2ccc(C(=O)O)nc12. The molecule has 0 spiro atoms. The van der Waals surface area contributed by atoms with Gasteiger partial charge in [0, 0.05) is 29.9 Å².